The zero-order valence-corrected chi connectivity index (χ0v) is 17.4. The van der Waals surface area contributed by atoms with Crippen LogP contribution in [-0.2, 0) is 22.4 Å². The molecule has 0 radical (unpaired) electrons. The SMILES string of the molecule is O=C(CCc1cn[nH]c1)N[C@@H]1CN2CCCC[C@@]2(C(=O)NCCc2ccccc2)C1. The Kier molecular flexibility index (Phi) is 6.47. The van der Waals surface area contributed by atoms with Gasteiger partial charge in [0.25, 0.3) is 0 Å². The van der Waals surface area contributed by atoms with Crippen molar-refractivity contribution in [2.45, 2.75) is 56.5 Å². The van der Waals surface area contributed by atoms with Crippen LogP contribution in [0.25, 0.3) is 0 Å². The average Bonchev–Trinajstić information content (AvgIpc) is 3.41. The molecule has 0 spiro atoms. The molecule has 2 aliphatic rings. The van der Waals surface area contributed by atoms with Gasteiger partial charge in [0.05, 0.1) is 6.20 Å². The molecule has 2 atom stereocenters. The summed E-state index contributed by atoms with van der Waals surface area (Å²) in [5, 5.41) is 13.0. The van der Waals surface area contributed by atoms with Gasteiger partial charge in [-0.25, -0.2) is 0 Å². The normalized spacial score (nSPS) is 23.7. The molecule has 2 saturated heterocycles. The minimum absolute atomic E-state index is 0.0276. The Hall–Kier alpha value is -2.67. The molecule has 2 aliphatic heterocycles. The summed E-state index contributed by atoms with van der Waals surface area (Å²) in [6.07, 6.45) is 9.24. The van der Waals surface area contributed by atoms with Crippen molar-refractivity contribution in [3.8, 4) is 0 Å². The summed E-state index contributed by atoms with van der Waals surface area (Å²) in [5.74, 6) is 0.161. The fourth-order valence-corrected chi connectivity index (χ4v) is 4.88. The van der Waals surface area contributed by atoms with Gasteiger partial charge >= 0.3 is 0 Å². The molecule has 30 heavy (non-hydrogen) atoms. The van der Waals surface area contributed by atoms with Gasteiger partial charge in [-0.05, 0) is 56.2 Å². The number of amides is 2. The lowest BCUT2D eigenvalue weighted by atomic mass is 9.84. The van der Waals surface area contributed by atoms with E-state index in [0.29, 0.717) is 25.8 Å². The first-order valence-electron chi connectivity index (χ1n) is 11.0. The van der Waals surface area contributed by atoms with Crippen LogP contribution in [-0.4, -0.2) is 58.1 Å². The molecule has 7 heteroatoms. The summed E-state index contributed by atoms with van der Waals surface area (Å²) >= 11 is 0. The predicted octanol–water partition coefficient (Wildman–Crippen LogP) is 1.81. The summed E-state index contributed by atoms with van der Waals surface area (Å²) < 4.78 is 0. The van der Waals surface area contributed by atoms with Crippen LogP contribution in [0, 0.1) is 0 Å². The first kappa shape index (κ1) is 20.6. The number of nitrogens with one attached hydrogen (secondary N) is 3. The van der Waals surface area contributed by atoms with E-state index in [1.54, 1.807) is 6.20 Å². The second-order valence-corrected chi connectivity index (χ2v) is 8.50. The van der Waals surface area contributed by atoms with Gasteiger partial charge in [-0.2, -0.15) is 5.10 Å². The predicted molar refractivity (Wildman–Crippen MR) is 115 cm³/mol. The Morgan fingerprint density at radius 1 is 1.17 bits per heavy atom. The Labute approximate surface area is 177 Å². The van der Waals surface area contributed by atoms with E-state index in [4.69, 9.17) is 0 Å². The van der Waals surface area contributed by atoms with Crippen LogP contribution in [0.2, 0.25) is 0 Å². The lowest BCUT2D eigenvalue weighted by molar-refractivity contribution is -0.134. The lowest BCUT2D eigenvalue weighted by Crippen LogP contribution is -2.57. The number of aromatic amines is 1. The molecule has 2 aromatic rings. The van der Waals surface area contributed by atoms with Gasteiger partial charge in [-0.15, -0.1) is 0 Å². The highest BCUT2D eigenvalue weighted by Crippen LogP contribution is 2.38. The summed E-state index contributed by atoms with van der Waals surface area (Å²) in [7, 11) is 0. The van der Waals surface area contributed by atoms with E-state index in [0.717, 1.165) is 44.3 Å². The van der Waals surface area contributed by atoms with Crippen molar-refractivity contribution >= 4 is 11.8 Å². The molecular weight excluding hydrogens is 378 g/mol. The molecule has 2 amide bonds. The number of aromatic nitrogens is 2. The number of piperidine rings is 1. The van der Waals surface area contributed by atoms with Gasteiger partial charge in [0.15, 0.2) is 0 Å². The average molecular weight is 410 g/mol. The number of fused-ring (bicyclic) bond motifs is 1. The van der Waals surface area contributed by atoms with Gasteiger partial charge in [-0.3, -0.25) is 19.6 Å². The van der Waals surface area contributed by atoms with E-state index in [-0.39, 0.29) is 17.9 Å². The van der Waals surface area contributed by atoms with Crippen LogP contribution in [0.15, 0.2) is 42.7 Å². The number of hydrogen-bond donors (Lipinski definition) is 3. The van der Waals surface area contributed by atoms with Gasteiger partial charge in [0.2, 0.25) is 11.8 Å². The fraction of sp³-hybridized carbons (Fsp3) is 0.522. The summed E-state index contributed by atoms with van der Waals surface area (Å²) in [4.78, 5) is 28.0. The monoisotopic (exact) mass is 409 g/mol. The minimum atomic E-state index is -0.475. The van der Waals surface area contributed by atoms with Gasteiger partial charge in [0.1, 0.15) is 5.54 Å². The van der Waals surface area contributed by atoms with Crippen molar-refractivity contribution < 1.29 is 9.59 Å². The first-order chi connectivity index (χ1) is 14.7. The van der Waals surface area contributed by atoms with Crippen LogP contribution < -0.4 is 10.6 Å². The van der Waals surface area contributed by atoms with E-state index in [1.807, 2.05) is 24.4 Å². The summed E-state index contributed by atoms with van der Waals surface area (Å²) in [6, 6.07) is 10.2. The van der Waals surface area contributed by atoms with Crippen LogP contribution in [0.5, 0.6) is 0 Å². The highest BCUT2D eigenvalue weighted by Gasteiger charge is 2.51. The number of aryl methyl sites for hydroxylation is 1. The van der Waals surface area contributed by atoms with Crippen LogP contribution in [0.4, 0.5) is 0 Å². The number of carbonyl (C=O) groups excluding carboxylic acids is 2. The zero-order valence-electron chi connectivity index (χ0n) is 17.4. The number of hydrogen-bond acceptors (Lipinski definition) is 4. The first-order valence-corrected chi connectivity index (χ1v) is 11.0. The van der Waals surface area contributed by atoms with Gasteiger partial charge < -0.3 is 10.6 Å². The van der Waals surface area contributed by atoms with Crippen molar-refractivity contribution in [3.05, 3.63) is 53.9 Å². The molecule has 7 nitrogen and oxygen atoms in total. The molecule has 1 aromatic heterocycles. The van der Waals surface area contributed by atoms with Gasteiger partial charge in [0, 0.05) is 31.7 Å². The quantitative estimate of drug-likeness (QED) is 0.620. The van der Waals surface area contributed by atoms with Crippen molar-refractivity contribution in [2.24, 2.45) is 0 Å². The molecule has 3 heterocycles. The maximum absolute atomic E-state index is 13.2. The number of H-pyrrole nitrogens is 1. The molecule has 2 fully saturated rings. The van der Waals surface area contributed by atoms with Crippen LogP contribution >= 0.6 is 0 Å². The van der Waals surface area contributed by atoms with Crippen molar-refractivity contribution in [1.29, 1.82) is 0 Å². The summed E-state index contributed by atoms with van der Waals surface area (Å²) in [6.45, 7) is 2.32. The van der Waals surface area contributed by atoms with E-state index in [1.165, 1.54) is 5.56 Å². The number of nitrogens with zero attached hydrogens (tertiary/aromatic N) is 2. The van der Waals surface area contributed by atoms with Gasteiger partial charge in [-0.1, -0.05) is 30.3 Å². The topological polar surface area (TPSA) is 90.1 Å². The number of rotatable bonds is 8. The van der Waals surface area contributed by atoms with Crippen LogP contribution in [0.1, 0.15) is 43.2 Å². The molecule has 0 saturated carbocycles. The maximum atomic E-state index is 13.2. The second-order valence-electron chi connectivity index (χ2n) is 8.50. The van der Waals surface area contributed by atoms with Crippen LogP contribution in [0.3, 0.4) is 0 Å². The summed E-state index contributed by atoms with van der Waals surface area (Å²) in [5.41, 5.74) is 1.78. The Balaban J connectivity index is 1.31. The molecule has 0 bridgehead atoms. The molecule has 0 aliphatic carbocycles. The molecular formula is C23H31N5O2. The molecule has 160 valence electrons. The van der Waals surface area contributed by atoms with Crippen molar-refractivity contribution in [1.82, 2.24) is 25.7 Å². The second kappa shape index (κ2) is 9.43. The molecule has 4 rings (SSSR count). The lowest BCUT2D eigenvalue weighted by Gasteiger charge is -2.40. The minimum Gasteiger partial charge on any atom is -0.354 e. The third kappa shape index (κ3) is 4.73. The standard InChI is InChI=1S/C23H31N5O2/c29-21(9-8-19-15-25-26-16-19)27-20-14-23(11-4-5-13-28(23)17-20)22(30)24-12-10-18-6-2-1-3-7-18/h1-3,6-7,15-16,20H,4-5,8-14,17H2,(H,24,30)(H,25,26)(H,27,29)/t20-,23-/m0/s1. The van der Waals surface area contributed by atoms with E-state index in [9.17, 15) is 9.59 Å². The largest absolute Gasteiger partial charge is 0.354 e. The Bertz CT molecular complexity index is 839. The highest BCUT2D eigenvalue weighted by molar-refractivity contribution is 5.87. The van der Waals surface area contributed by atoms with E-state index < -0.39 is 5.54 Å². The van der Waals surface area contributed by atoms with E-state index >= 15 is 0 Å². The van der Waals surface area contributed by atoms with E-state index in [2.05, 4.69) is 37.9 Å². The molecule has 0 unspecified atom stereocenters. The van der Waals surface area contributed by atoms with Crippen molar-refractivity contribution in [2.75, 3.05) is 19.6 Å². The third-order valence-electron chi connectivity index (χ3n) is 6.42. The zero-order chi connectivity index (χ0) is 20.8. The Morgan fingerprint density at radius 3 is 2.83 bits per heavy atom. The Morgan fingerprint density at radius 2 is 2.03 bits per heavy atom. The fourth-order valence-electron chi connectivity index (χ4n) is 4.88. The highest BCUT2D eigenvalue weighted by atomic mass is 16.2. The molecule has 1 aromatic carbocycles. The molecule has 3 N–H and O–H groups in total. The maximum Gasteiger partial charge on any atom is 0.240 e. The van der Waals surface area contributed by atoms with Crippen molar-refractivity contribution in [3.63, 3.8) is 0 Å². The number of carbonyl (C=O) groups is 2. The smallest absolute Gasteiger partial charge is 0.240 e. The number of benzene rings is 1. The third-order valence-corrected chi connectivity index (χ3v) is 6.42.